The van der Waals surface area contributed by atoms with Crippen molar-refractivity contribution in [1.29, 1.82) is 0 Å². The van der Waals surface area contributed by atoms with E-state index in [2.05, 4.69) is 15.3 Å². The molecule has 29 heavy (non-hydrogen) atoms. The van der Waals surface area contributed by atoms with Gasteiger partial charge < -0.3 is 15.0 Å². The molecule has 3 aliphatic heterocycles. The van der Waals surface area contributed by atoms with Crippen LogP contribution in [0.25, 0.3) is 0 Å². The minimum absolute atomic E-state index is 0.0496. The Hall–Kier alpha value is -2.46. The summed E-state index contributed by atoms with van der Waals surface area (Å²) in [7, 11) is -3.14. The van der Waals surface area contributed by atoms with E-state index in [1.807, 2.05) is 24.3 Å². The lowest BCUT2D eigenvalue weighted by atomic mass is 10.1. The normalized spacial score (nSPS) is 24.3. The predicted octanol–water partition coefficient (Wildman–Crippen LogP) is 0.627. The van der Waals surface area contributed by atoms with Crippen molar-refractivity contribution in [2.24, 2.45) is 5.10 Å². The standard InChI is InChI=1S/C19H24N4O5S/c24-18-6-5-17(21-23(18)16-7-12-29(26,27)13-16)19(25)20-14-1-3-15(4-2-14)22-8-10-28-11-9-22/h1-4,16H,5-13H2,(H,20,25)/t16-/m0/s1. The molecule has 1 aromatic rings. The van der Waals surface area contributed by atoms with Crippen LogP contribution in [0.15, 0.2) is 29.4 Å². The maximum atomic E-state index is 12.6. The Kier molecular flexibility index (Phi) is 5.55. The number of nitrogens with one attached hydrogen (secondary N) is 1. The Morgan fingerprint density at radius 3 is 2.52 bits per heavy atom. The maximum absolute atomic E-state index is 12.6. The average molecular weight is 420 g/mol. The van der Waals surface area contributed by atoms with Gasteiger partial charge in [0.1, 0.15) is 5.71 Å². The zero-order valence-corrected chi connectivity index (χ0v) is 16.9. The first kappa shape index (κ1) is 19.8. The van der Waals surface area contributed by atoms with Gasteiger partial charge in [0, 0.05) is 37.3 Å². The van der Waals surface area contributed by atoms with E-state index in [1.165, 1.54) is 5.01 Å². The lowest BCUT2D eigenvalue weighted by molar-refractivity contribution is -0.133. The molecule has 2 fully saturated rings. The minimum Gasteiger partial charge on any atom is -0.378 e. The molecule has 1 atom stereocenters. The molecule has 3 aliphatic rings. The number of anilines is 2. The largest absolute Gasteiger partial charge is 0.378 e. The van der Waals surface area contributed by atoms with Crippen LogP contribution in [0.4, 0.5) is 11.4 Å². The van der Waals surface area contributed by atoms with Crippen LogP contribution in [0.1, 0.15) is 19.3 Å². The molecule has 0 aromatic heterocycles. The van der Waals surface area contributed by atoms with Gasteiger partial charge in [0.05, 0.1) is 30.8 Å². The minimum atomic E-state index is -3.14. The van der Waals surface area contributed by atoms with Crippen LogP contribution in [0, 0.1) is 0 Å². The van der Waals surface area contributed by atoms with E-state index in [4.69, 9.17) is 4.74 Å². The number of carbonyl (C=O) groups excluding carboxylic acids is 2. The predicted molar refractivity (Wildman–Crippen MR) is 109 cm³/mol. The first-order chi connectivity index (χ1) is 13.9. The molecule has 3 heterocycles. The molecular weight excluding hydrogens is 396 g/mol. The first-order valence-corrected chi connectivity index (χ1v) is 11.6. The van der Waals surface area contributed by atoms with Crippen molar-refractivity contribution in [2.45, 2.75) is 25.3 Å². The highest BCUT2D eigenvalue weighted by molar-refractivity contribution is 7.91. The second-order valence-electron chi connectivity index (χ2n) is 7.44. The maximum Gasteiger partial charge on any atom is 0.271 e. The van der Waals surface area contributed by atoms with Crippen molar-refractivity contribution in [1.82, 2.24) is 5.01 Å². The fraction of sp³-hybridized carbons (Fsp3) is 0.526. The van der Waals surface area contributed by atoms with Gasteiger partial charge >= 0.3 is 0 Å². The molecule has 4 rings (SSSR count). The zero-order valence-electron chi connectivity index (χ0n) is 16.0. The van der Waals surface area contributed by atoms with Gasteiger partial charge in [0.25, 0.3) is 5.91 Å². The summed E-state index contributed by atoms with van der Waals surface area (Å²) in [6, 6.07) is 7.08. The highest BCUT2D eigenvalue weighted by Gasteiger charge is 2.37. The number of hydrogen-bond acceptors (Lipinski definition) is 7. The summed E-state index contributed by atoms with van der Waals surface area (Å²) in [5.41, 5.74) is 1.95. The van der Waals surface area contributed by atoms with E-state index in [1.54, 1.807) is 0 Å². The number of rotatable bonds is 4. The third kappa shape index (κ3) is 4.59. The van der Waals surface area contributed by atoms with Crippen LogP contribution in [0.2, 0.25) is 0 Å². The zero-order chi connectivity index (χ0) is 20.4. The van der Waals surface area contributed by atoms with Crippen molar-refractivity contribution in [2.75, 3.05) is 48.0 Å². The Bertz CT molecular complexity index is 922. The van der Waals surface area contributed by atoms with Crippen LogP contribution in [-0.4, -0.2) is 74.8 Å². The molecule has 0 bridgehead atoms. The highest BCUT2D eigenvalue weighted by Crippen LogP contribution is 2.23. The van der Waals surface area contributed by atoms with Crippen LogP contribution in [0.3, 0.4) is 0 Å². The van der Waals surface area contributed by atoms with Crippen molar-refractivity contribution >= 4 is 38.7 Å². The topological polar surface area (TPSA) is 108 Å². The summed E-state index contributed by atoms with van der Waals surface area (Å²) in [6.07, 6.45) is 0.751. The first-order valence-electron chi connectivity index (χ1n) is 9.75. The van der Waals surface area contributed by atoms with Gasteiger partial charge in [-0.1, -0.05) is 0 Å². The van der Waals surface area contributed by atoms with Crippen LogP contribution < -0.4 is 10.2 Å². The van der Waals surface area contributed by atoms with Gasteiger partial charge in [-0.3, -0.25) is 9.59 Å². The van der Waals surface area contributed by atoms with Gasteiger partial charge in [0.2, 0.25) is 5.91 Å². The molecular formula is C19H24N4O5S. The van der Waals surface area contributed by atoms with E-state index < -0.39 is 15.9 Å². The summed E-state index contributed by atoms with van der Waals surface area (Å²) >= 11 is 0. The summed E-state index contributed by atoms with van der Waals surface area (Å²) in [4.78, 5) is 27.0. The summed E-state index contributed by atoms with van der Waals surface area (Å²) in [5, 5.41) is 8.21. The van der Waals surface area contributed by atoms with E-state index in [0.29, 0.717) is 25.3 Å². The summed E-state index contributed by atoms with van der Waals surface area (Å²) in [5.74, 6) is -0.658. The summed E-state index contributed by atoms with van der Waals surface area (Å²) < 4.78 is 28.8. The number of benzene rings is 1. The fourth-order valence-electron chi connectivity index (χ4n) is 3.77. The number of morpholine rings is 1. The molecule has 156 valence electrons. The van der Waals surface area contributed by atoms with Crippen molar-refractivity contribution < 1.29 is 22.7 Å². The van der Waals surface area contributed by atoms with Gasteiger partial charge in [-0.15, -0.1) is 0 Å². The second-order valence-corrected chi connectivity index (χ2v) is 9.67. The van der Waals surface area contributed by atoms with E-state index in [0.717, 1.165) is 18.8 Å². The smallest absolute Gasteiger partial charge is 0.271 e. The van der Waals surface area contributed by atoms with E-state index in [9.17, 15) is 18.0 Å². The van der Waals surface area contributed by atoms with Crippen molar-refractivity contribution in [3.05, 3.63) is 24.3 Å². The summed E-state index contributed by atoms with van der Waals surface area (Å²) in [6.45, 7) is 3.08. The van der Waals surface area contributed by atoms with Crippen molar-refractivity contribution in [3.8, 4) is 0 Å². The third-order valence-electron chi connectivity index (χ3n) is 5.38. The highest BCUT2D eigenvalue weighted by atomic mass is 32.2. The molecule has 9 nitrogen and oxygen atoms in total. The molecule has 0 unspecified atom stereocenters. The number of amides is 2. The molecule has 10 heteroatoms. The van der Waals surface area contributed by atoms with Gasteiger partial charge in [-0.2, -0.15) is 5.10 Å². The van der Waals surface area contributed by atoms with E-state index in [-0.39, 0.29) is 41.9 Å². The van der Waals surface area contributed by atoms with E-state index >= 15 is 0 Å². The van der Waals surface area contributed by atoms with Gasteiger partial charge in [-0.05, 0) is 30.7 Å². The number of carbonyl (C=O) groups is 2. The number of hydrogen-bond donors (Lipinski definition) is 1. The fourth-order valence-corrected chi connectivity index (χ4v) is 5.46. The number of nitrogens with zero attached hydrogens (tertiary/aromatic N) is 3. The quantitative estimate of drug-likeness (QED) is 0.765. The molecule has 1 aromatic carbocycles. The van der Waals surface area contributed by atoms with Gasteiger partial charge in [-0.25, -0.2) is 13.4 Å². The Balaban J connectivity index is 1.42. The Labute approximate surface area is 169 Å². The second kappa shape index (κ2) is 8.11. The number of sulfone groups is 1. The Morgan fingerprint density at radius 1 is 1.14 bits per heavy atom. The molecule has 0 aliphatic carbocycles. The molecule has 0 saturated carbocycles. The Morgan fingerprint density at radius 2 is 1.86 bits per heavy atom. The lowest BCUT2D eigenvalue weighted by Crippen LogP contribution is -2.42. The third-order valence-corrected chi connectivity index (χ3v) is 7.13. The average Bonchev–Trinajstić information content (AvgIpc) is 3.09. The number of hydrazone groups is 1. The van der Waals surface area contributed by atoms with Crippen LogP contribution in [-0.2, 0) is 24.2 Å². The molecule has 0 radical (unpaired) electrons. The van der Waals surface area contributed by atoms with Crippen molar-refractivity contribution in [3.63, 3.8) is 0 Å². The molecule has 1 N–H and O–H groups in total. The monoisotopic (exact) mass is 420 g/mol. The molecule has 2 saturated heterocycles. The SMILES string of the molecule is O=C(Nc1ccc(N2CCOCC2)cc1)C1=NN([C@H]2CCS(=O)(=O)C2)C(=O)CC1. The van der Waals surface area contributed by atoms with Crippen LogP contribution in [0.5, 0.6) is 0 Å². The van der Waals surface area contributed by atoms with Gasteiger partial charge in [0.15, 0.2) is 9.84 Å². The number of ether oxygens (including phenoxy) is 1. The lowest BCUT2D eigenvalue weighted by Gasteiger charge is -2.29. The molecule has 2 amide bonds. The molecule has 0 spiro atoms. The van der Waals surface area contributed by atoms with Crippen LogP contribution >= 0.6 is 0 Å².